The first-order valence-corrected chi connectivity index (χ1v) is 19.8. The number of aliphatic carboxylic acids is 1. The molecule has 3 aromatic carbocycles. The molecule has 13 heteroatoms. The number of benzene rings is 3. The summed E-state index contributed by atoms with van der Waals surface area (Å²) in [5, 5.41) is 20.0. The number of carboxylic acids is 1. The molecule has 6 rings (SSSR count). The summed E-state index contributed by atoms with van der Waals surface area (Å²) in [6, 6.07) is 23.4. The van der Waals surface area contributed by atoms with Crippen molar-refractivity contribution < 1.29 is 32.9 Å². The number of rotatable bonds is 15. The lowest BCUT2D eigenvalue weighted by Crippen LogP contribution is -2.13. The van der Waals surface area contributed by atoms with Crippen LogP contribution in [0.15, 0.2) is 90.1 Å². The molecule has 0 bridgehead atoms. The number of nitrogens with zero attached hydrogens (tertiary/aromatic N) is 2. The molecule has 1 aliphatic rings. The molecule has 0 unspecified atom stereocenters. The van der Waals surface area contributed by atoms with E-state index in [1.165, 1.54) is 18.5 Å². The number of aliphatic hydroxyl groups is 1. The van der Waals surface area contributed by atoms with Crippen LogP contribution in [0.25, 0.3) is 22.3 Å². The summed E-state index contributed by atoms with van der Waals surface area (Å²) in [5.41, 5.74) is 14.0. The number of pyridine rings is 2. The highest BCUT2D eigenvalue weighted by Gasteiger charge is 2.29. The number of carboxylic acid groups (broad SMARTS) is 1. The maximum absolute atomic E-state index is 12.1. The van der Waals surface area contributed by atoms with Crippen molar-refractivity contribution in [2.45, 2.75) is 68.8 Å². The molecular formula is C40H39Cl2N3O7S. The highest BCUT2D eigenvalue weighted by molar-refractivity contribution is 7.90. The third kappa shape index (κ3) is 9.17. The lowest BCUT2D eigenvalue weighted by molar-refractivity contribution is -0.139. The maximum atomic E-state index is 12.1. The van der Waals surface area contributed by atoms with Crippen molar-refractivity contribution in [2.75, 3.05) is 6.26 Å². The number of sulfone groups is 1. The Kier molecular flexibility index (Phi) is 12.0. The van der Waals surface area contributed by atoms with Crippen LogP contribution >= 0.6 is 23.2 Å². The summed E-state index contributed by atoms with van der Waals surface area (Å²) in [5.74, 6) is -0.690. The van der Waals surface area contributed by atoms with E-state index in [0.29, 0.717) is 42.0 Å². The zero-order chi connectivity index (χ0) is 37.7. The third-order valence-corrected chi connectivity index (χ3v) is 11.0. The van der Waals surface area contributed by atoms with Crippen LogP contribution in [0.2, 0.25) is 10.0 Å². The molecule has 2 heterocycles. The lowest BCUT2D eigenvalue weighted by atomic mass is 9.93. The normalized spacial score (nSPS) is 14.5. The molecule has 0 radical (unpaired) electrons. The molecule has 2 atom stereocenters. The Labute approximate surface area is 318 Å². The van der Waals surface area contributed by atoms with Crippen molar-refractivity contribution in [2.24, 2.45) is 5.73 Å². The Bertz CT molecular complexity index is 2230. The molecule has 4 N–H and O–H groups in total. The van der Waals surface area contributed by atoms with Crippen LogP contribution in [0.5, 0.6) is 11.8 Å². The predicted molar refractivity (Wildman–Crippen MR) is 204 cm³/mol. The monoisotopic (exact) mass is 775 g/mol. The summed E-state index contributed by atoms with van der Waals surface area (Å²) in [6.07, 6.45) is 4.65. The molecule has 53 heavy (non-hydrogen) atoms. The quantitative estimate of drug-likeness (QED) is 0.0958. The fourth-order valence-electron chi connectivity index (χ4n) is 6.52. The van der Waals surface area contributed by atoms with Crippen molar-refractivity contribution >= 4 is 39.0 Å². The van der Waals surface area contributed by atoms with Crippen molar-refractivity contribution in [3.8, 4) is 34.0 Å². The number of aromatic nitrogens is 2. The first-order valence-electron chi connectivity index (χ1n) is 17.1. The van der Waals surface area contributed by atoms with Crippen molar-refractivity contribution in [3.63, 3.8) is 0 Å². The molecule has 0 saturated heterocycles. The number of ether oxygens (including phenoxy) is 2. The van der Waals surface area contributed by atoms with Gasteiger partial charge in [0.15, 0.2) is 9.84 Å². The number of aryl methyl sites for hydroxylation is 1. The highest BCUT2D eigenvalue weighted by Crippen LogP contribution is 2.45. The minimum atomic E-state index is -3.48. The lowest BCUT2D eigenvalue weighted by Gasteiger charge is -2.19. The summed E-state index contributed by atoms with van der Waals surface area (Å²) in [7, 11) is -3.48. The average molecular weight is 777 g/mol. The summed E-state index contributed by atoms with van der Waals surface area (Å²) < 4.78 is 36.9. The SMILES string of the molecule is CS(=O)(=O)c1cncc(COc2nc(O[C@H]3CCc4c(-c5cccc(-c6ccc(CN)cc6)c5Cl)cccc43)c(Cl)cc2CCC[C@@H](O)CC(=O)O)c1. The van der Waals surface area contributed by atoms with Crippen LogP contribution < -0.4 is 15.2 Å². The van der Waals surface area contributed by atoms with E-state index < -0.39 is 21.9 Å². The van der Waals surface area contributed by atoms with Gasteiger partial charge < -0.3 is 25.4 Å². The number of nitrogens with two attached hydrogens (primary N) is 1. The standard InChI is InChI=1S/C40H39Cl2N3O7S/c1-53(49,50)29-17-25(21-44-22-29)23-51-39-27(5-2-6-28(46)19-37(47)48)18-35(41)40(45-39)52-36-16-15-32-31(8-4-9-33(32)36)34-10-3-7-30(38(34)42)26-13-11-24(20-43)12-14-26/h3-4,7-14,17-18,21-22,28,36,46H,2,5-6,15-16,19-20,23,43H2,1H3,(H,47,48)/t28-,36+/m1/s1. The topological polar surface area (TPSA) is 162 Å². The molecule has 0 aliphatic heterocycles. The molecule has 5 aromatic rings. The van der Waals surface area contributed by atoms with E-state index >= 15 is 0 Å². The largest absolute Gasteiger partial charge is 0.481 e. The highest BCUT2D eigenvalue weighted by atomic mass is 35.5. The van der Waals surface area contributed by atoms with Gasteiger partial charge in [-0.25, -0.2) is 8.42 Å². The molecule has 0 amide bonds. The van der Waals surface area contributed by atoms with Crippen molar-refractivity contribution in [1.82, 2.24) is 9.97 Å². The van der Waals surface area contributed by atoms with Crippen LogP contribution in [0.1, 0.15) is 59.6 Å². The summed E-state index contributed by atoms with van der Waals surface area (Å²) in [6.45, 7) is 0.430. The Morgan fingerprint density at radius 1 is 0.981 bits per heavy atom. The minimum absolute atomic E-state index is 0.0360. The van der Waals surface area contributed by atoms with Gasteiger partial charge >= 0.3 is 5.97 Å². The van der Waals surface area contributed by atoms with Crippen LogP contribution in [0.3, 0.4) is 0 Å². The zero-order valence-electron chi connectivity index (χ0n) is 29.0. The molecule has 0 saturated carbocycles. The van der Waals surface area contributed by atoms with Gasteiger partial charge in [0.1, 0.15) is 17.7 Å². The second-order valence-corrected chi connectivity index (χ2v) is 15.9. The van der Waals surface area contributed by atoms with Gasteiger partial charge in [-0.05, 0) is 72.1 Å². The number of aliphatic hydroxyl groups excluding tert-OH is 1. The number of hydrogen-bond donors (Lipinski definition) is 3. The average Bonchev–Trinajstić information content (AvgIpc) is 3.54. The summed E-state index contributed by atoms with van der Waals surface area (Å²) >= 11 is 13.9. The van der Waals surface area contributed by atoms with Gasteiger partial charge in [-0.3, -0.25) is 9.78 Å². The first kappa shape index (κ1) is 38.2. The van der Waals surface area contributed by atoms with Gasteiger partial charge in [0, 0.05) is 47.4 Å². The van der Waals surface area contributed by atoms with E-state index in [9.17, 15) is 18.3 Å². The molecule has 0 spiro atoms. The third-order valence-electron chi connectivity index (χ3n) is 9.21. The smallest absolute Gasteiger partial charge is 0.305 e. The Hall–Kier alpha value is -4.52. The first-order chi connectivity index (χ1) is 25.4. The minimum Gasteiger partial charge on any atom is -0.481 e. The van der Waals surface area contributed by atoms with Crippen LogP contribution in [0.4, 0.5) is 0 Å². The Morgan fingerprint density at radius 2 is 1.72 bits per heavy atom. The number of hydrogen-bond acceptors (Lipinski definition) is 9. The van der Waals surface area contributed by atoms with Gasteiger partial charge in [-0.2, -0.15) is 4.98 Å². The fraction of sp³-hybridized carbons (Fsp3) is 0.275. The fourth-order valence-corrected chi connectivity index (χ4v) is 7.69. The predicted octanol–water partition coefficient (Wildman–Crippen LogP) is 7.78. The second kappa shape index (κ2) is 16.7. The molecule has 1 aliphatic carbocycles. The van der Waals surface area contributed by atoms with Crippen LogP contribution in [-0.4, -0.2) is 46.9 Å². The van der Waals surface area contributed by atoms with E-state index in [2.05, 4.69) is 11.1 Å². The summed E-state index contributed by atoms with van der Waals surface area (Å²) in [4.78, 5) is 19.8. The molecule has 10 nitrogen and oxygen atoms in total. The Morgan fingerprint density at radius 3 is 2.45 bits per heavy atom. The zero-order valence-corrected chi connectivity index (χ0v) is 31.3. The van der Waals surface area contributed by atoms with Crippen molar-refractivity contribution in [3.05, 3.63) is 123 Å². The number of fused-ring (bicyclic) bond motifs is 1. The maximum Gasteiger partial charge on any atom is 0.305 e. The van der Waals surface area contributed by atoms with Crippen LogP contribution in [-0.2, 0) is 40.6 Å². The van der Waals surface area contributed by atoms with Gasteiger partial charge in [0.05, 0.1) is 22.4 Å². The molecule has 0 fully saturated rings. The van der Waals surface area contributed by atoms with Gasteiger partial charge in [-0.15, -0.1) is 0 Å². The Balaban J connectivity index is 1.27. The van der Waals surface area contributed by atoms with E-state index in [1.807, 2.05) is 54.6 Å². The van der Waals surface area contributed by atoms with Gasteiger partial charge in [-0.1, -0.05) is 83.9 Å². The van der Waals surface area contributed by atoms with Crippen LogP contribution in [0, 0.1) is 0 Å². The van der Waals surface area contributed by atoms with E-state index in [-0.39, 0.29) is 47.2 Å². The van der Waals surface area contributed by atoms with E-state index in [0.717, 1.165) is 51.6 Å². The van der Waals surface area contributed by atoms with Gasteiger partial charge in [0.25, 0.3) is 0 Å². The van der Waals surface area contributed by atoms with E-state index in [4.69, 9.17) is 48.5 Å². The molecule has 2 aromatic heterocycles. The second-order valence-electron chi connectivity index (χ2n) is 13.1. The number of halogens is 2. The number of carbonyl (C=O) groups is 1. The molecule has 276 valence electrons. The van der Waals surface area contributed by atoms with Gasteiger partial charge in [0.2, 0.25) is 11.8 Å². The van der Waals surface area contributed by atoms with Crippen molar-refractivity contribution in [1.29, 1.82) is 0 Å². The molecular weight excluding hydrogens is 737 g/mol. The van der Waals surface area contributed by atoms with E-state index in [1.54, 1.807) is 6.07 Å².